The Morgan fingerprint density at radius 3 is 2.60 bits per heavy atom. The number of nitrogens with one attached hydrogen (secondary N) is 2. The number of carbonyl (C=O) groups is 1. The number of aromatic nitrogens is 1. The van der Waals surface area contributed by atoms with Crippen LogP contribution in [0.4, 0.5) is 11.4 Å². The summed E-state index contributed by atoms with van der Waals surface area (Å²) in [6, 6.07) is 23.1. The maximum Gasteiger partial charge on any atom is 0.221 e. The summed E-state index contributed by atoms with van der Waals surface area (Å²) in [6.07, 6.45) is 1.78. The van der Waals surface area contributed by atoms with E-state index in [0.29, 0.717) is 5.11 Å². The molecule has 8 heteroatoms. The second kappa shape index (κ2) is 9.64. The SMILES string of the molecule is CC(=O)Nc1ccc(N2C(=S)NC(c3ccccn3)C2c2ccc(-c3ccc(C)cc3Br)o2)cc1. The smallest absolute Gasteiger partial charge is 0.221 e. The van der Waals surface area contributed by atoms with Crippen LogP contribution >= 0.6 is 28.1 Å². The van der Waals surface area contributed by atoms with Crippen molar-refractivity contribution in [1.82, 2.24) is 10.3 Å². The van der Waals surface area contributed by atoms with Gasteiger partial charge in [0.25, 0.3) is 0 Å². The van der Waals surface area contributed by atoms with E-state index in [0.717, 1.165) is 38.6 Å². The zero-order valence-corrected chi connectivity index (χ0v) is 21.6. The predicted molar refractivity (Wildman–Crippen MR) is 145 cm³/mol. The number of hydrogen-bond donors (Lipinski definition) is 2. The third-order valence-electron chi connectivity index (χ3n) is 5.87. The molecule has 0 spiro atoms. The Bertz CT molecular complexity index is 1390. The molecule has 35 heavy (non-hydrogen) atoms. The second-order valence-electron chi connectivity index (χ2n) is 8.41. The molecule has 1 fully saturated rings. The average molecular weight is 547 g/mol. The lowest BCUT2D eigenvalue weighted by Gasteiger charge is -2.26. The lowest BCUT2D eigenvalue weighted by atomic mass is 10.0. The topological polar surface area (TPSA) is 70.4 Å². The van der Waals surface area contributed by atoms with Crippen molar-refractivity contribution in [3.8, 4) is 11.3 Å². The van der Waals surface area contributed by atoms with Crippen LogP contribution in [0.15, 0.2) is 87.9 Å². The van der Waals surface area contributed by atoms with Crippen molar-refractivity contribution < 1.29 is 9.21 Å². The zero-order valence-electron chi connectivity index (χ0n) is 19.2. The first-order valence-corrected chi connectivity index (χ1v) is 12.4. The van der Waals surface area contributed by atoms with Gasteiger partial charge in [-0.05, 0) is 85.4 Å². The Hall–Kier alpha value is -3.49. The average Bonchev–Trinajstić information content (AvgIpc) is 3.44. The van der Waals surface area contributed by atoms with Crippen LogP contribution in [0, 0.1) is 6.92 Å². The van der Waals surface area contributed by atoms with Crippen molar-refractivity contribution >= 4 is 50.5 Å². The summed E-state index contributed by atoms with van der Waals surface area (Å²) in [4.78, 5) is 18.1. The van der Waals surface area contributed by atoms with E-state index in [1.54, 1.807) is 6.20 Å². The molecule has 176 valence electrons. The minimum Gasteiger partial charge on any atom is -0.459 e. The first-order chi connectivity index (χ1) is 16.9. The van der Waals surface area contributed by atoms with Gasteiger partial charge >= 0.3 is 0 Å². The molecule has 0 aliphatic carbocycles. The monoisotopic (exact) mass is 546 g/mol. The van der Waals surface area contributed by atoms with Crippen LogP contribution in [-0.4, -0.2) is 16.0 Å². The Balaban J connectivity index is 1.56. The van der Waals surface area contributed by atoms with Gasteiger partial charge in [-0.25, -0.2) is 0 Å². The number of nitrogens with zero attached hydrogens (tertiary/aromatic N) is 2. The Morgan fingerprint density at radius 2 is 1.91 bits per heavy atom. The fourth-order valence-corrected chi connectivity index (χ4v) is 5.34. The fourth-order valence-electron chi connectivity index (χ4n) is 4.31. The fraction of sp³-hybridized carbons (Fsp3) is 0.148. The van der Waals surface area contributed by atoms with Gasteiger partial charge in [-0.3, -0.25) is 9.78 Å². The first kappa shape index (κ1) is 23.3. The molecule has 6 nitrogen and oxygen atoms in total. The highest BCUT2D eigenvalue weighted by Crippen LogP contribution is 2.43. The largest absolute Gasteiger partial charge is 0.459 e. The highest BCUT2D eigenvalue weighted by molar-refractivity contribution is 9.10. The van der Waals surface area contributed by atoms with E-state index in [1.807, 2.05) is 65.6 Å². The molecule has 4 aromatic rings. The van der Waals surface area contributed by atoms with Crippen LogP contribution in [0.5, 0.6) is 0 Å². The molecule has 5 rings (SSSR count). The summed E-state index contributed by atoms with van der Waals surface area (Å²) in [6.45, 7) is 3.54. The number of pyridine rings is 1. The molecule has 1 amide bonds. The van der Waals surface area contributed by atoms with Crippen LogP contribution in [0.25, 0.3) is 11.3 Å². The molecule has 1 aliphatic heterocycles. The van der Waals surface area contributed by atoms with Crippen LogP contribution in [0.2, 0.25) is 0 Å². The molecule has 1 saturated heterocycles. The number of amides is 1. The van der Waals surface area contributed by atoms with Gasteiger partial charge in [0, 0.05) is 34.5 Å². The number of anilines is 2. The summed E-state index contributed by atoms with van der Waals surface area (Å²) >= 11 is 9.45. The van der Waals surface area contributed by atoms with E-state index in [2.05, 4.69) is 50.6 Å². The number of rotatable bonds is 5. The van der Waals surface area contributed by atoms with Gasteiger partial charge in [0.2, 0.25) is 5.91 Å². The van der Waals surface area contributed by atoms with Crippen molar-refractivity contribution in [1.29, 1.82) is 0 Å². The van der Waals surface area contributed by atoms with Gasteiger partial charge in [-0.15, -0.1) is 0 Å². The summed E-state index contributed by atoms with van der Waals surface area (Å²) in [7, 11) is 0. The van der Waals surface area contributed by atoms with Crippen molar-refractivity contribution in [2.75, 3.05) is 10.2 Å². The summed E-state index contributed by atoms with van der Waals surface area (Å²) in [5, 5.41) is 6.82. The second-order valence-corrected chi connectivity index (χ2v) is 9.65. The number of thiocarbonyl (C=S) groups is 1. The van der Waals surface area contributed by atoms with Gasteiger partial charge in [0.1, 0.15) is 17.6 Å². The number of benzene rings is 2. The molecule has 1 aliphatic rings. The molecule has 0 radical (unpaired) electrons. The molecular formula is C27H23BrN4O2S. The van der Waals surface area contributed by atoms with Gasteiger partial charge in [0.15, 0.2) is 5.11 Å². The lowest BCUT2D eigenvalue weighted by molar-refractivity contribution is -0.114. The van der Waals surface area contributed by atoms with Crippen LogP contribution in [-0.2, 0) is 4.79 Å². The molecular weight excluding hydrogens is 524 g/mol. The molecule has 2 unspecified atom stereocenters. The Kier molecular flexibility index (Phi) is 6.40. The van der Waals surface area contributed by atoms with Crippen molar-refractivity contribution in [3.63, 3.8) is 0 Å². The highest BCUT2D eigenvalue weighted by atomic mass is 79.9. The van der Waals surface area contributed by atoms with E-state index in [-0.39, 0.29) is 18.0 Å². The van der Waals surface area contributed by atoms with Crippen LogP contribution in [0.1, 0.15) is 36.0 Å². The van der Waals surface area contributed by atoms with Gasteiger partial charge in [-0.1, -0.05) is 28.1 Å². The molecule has 2 aromatic carbocycles. The Morgan fingerprint density at radius 1 is 1.11 bits per heavy atom. The van der Waals surface area contributed by atoms with Gasteiger partial charge in [-0.2, -0.15) is 0 Å². The minimum absolute atomic E-state index is 0.116. The normalized spacial score (nSPS) is 17.3. The van der Waals surface area contributed by atoms with E-state index >= 15 is 0 Å². The molecule has 0 bridgehead atoms. The predicted octanol–water partition coefficient (Wildman–Crippen LogP) is 6.55. The van der Waals surface area contributed by atoms with E-state index in [1.165, 1.54) is 12.5 Å². The highest BCUT2D eigenvalue weighted by Gasteiger charge is 2.42. The molecule has 3 heterocycles. The Labute approximate surface area is 217 Å². The quantitative estimate of drug-likeness (QED) is 0.276. The van der Waals surface area contributed by atoms with Crippen molar-refractivity contribution in [2.45, 2.75) is 25.9 Å². The molecule has 0 saturated carbocycles. The number of furan rings is 1. The van der Waals surface area contributed by atoms with Crippen molar-refractivity contribution in [2.24, 2.45) is 0 Å². The number of aryl methyl sites for hydroxylation is 1. The number of carbonyl (C=O) groups excluding carboxylic acids is 1. The summed E-state index contributed by atoms with van der Waals surface area (Å²) < 4.78 is 7.42. The van der Waals surface area contributed by atoms with Gasteiger partial charge < -0.3 is 20.0 Å². The number of halogens is 1. The minimum atomic E-state index is -0.262. The molecule has 2 N–H and O–H groups in total. The van der Waals surface area contributed by atoms with E-state index in [9.17, 15) is 4.79 Å². The summed E-state index contributed by atoms with van der Waals surface area (Å²) in [5.74, 6) is 1.42. The lowest BCUT2D eigenvalue weighted by Crippen LogP contribution is -2.29. The summed E-state index contributed by atoms with van der Waals surface area (Å²) in [5.41, 5.74) is 4.63. The molecule has 2 aromatic heterocycles. The number of hydrogen-bond acceptors (Lipinski definition) is 4. The van der Waals surface area contributed by atoms with E-state index in [4.69, 9.17) is 16.6 Å². The standard InChI is InChI=1S/C27H23BrN4O2S/c1-16-6-11-20(21(28)15-16)23-12-13-24(34-23)26-25(22-5-3-4-14-29-22)31-27(35)32(26)19-9-7-18(8-10-19)30-17(2)33/h3-15,25-26H,1-2H3,(H,30,33)(H,31,35). The van der Waals surface area contributed by atoms with Gasteiger partial charge in [0.05, 0.1) is 11.7 Å². The van der Waals surface area contributed by atoms with Crippen LogP contribution < -0.4 is 15.5 Å². The molecule has 2 atom stereocenters. The van der Waals surface area contributed by atoms with Crippen molar-refractivity contribution in [3.05, 3.63) is 100 Å². The maximum absolute atomic E-state index is 11.4. The third-order valence-corrected chi connectivity index (χ3v) is 6.84. The zero-order chi connectivity index (χ0) is 24.5. The third kappa shape index (κ3) is 4.72. The van der Waals surface area contributed by atoms with Crippen LogP contribution in [0.3, 0.4) is 0 Å². The first-order valence-electron chi connectivity index (χ1n) is 11.2. The maximum atomic E-state index is 11.4. The van der Waals surface area contributed by atoms with E-state index < -0.39 is 0 Å².